The summed E-state index contributed by atoms with van der Waals surface area (Å²) in [6.45, 7) is 3.42. The SMILES string of the molecule is Cc1cc(C(O)C2Cc3ccccc3O2)cc(C)c1F. The number of halogens is 1. The average Bonchev–Trinajstić information content (AvgIpc) is 2.87. The van der Waals surface area contributed by atoms with Gasteiger partial charge < -0.3 is 9.84 Å². The molecule has 2 atom stereocenters. The number of ether oxygens (including phenoxy) is 1. The summed E-state index contributed by atoms with van der Waals surface area (Å²) in [7, 11) is 0. The standard InChI is InChI=1S/C17H17FO2/c1-10-7-13(8-11(2)16(10)18)17(19)15-9-12-5-3-4-6-14(12)20-15/h3-8,15,17,19H,9H2,1-2H3. The van der Waals surface area contributed by atoms with Gasteiger partial charge in [0.05, 0.1) is 0 Å². The molecule has 0 saturated carbocycles. The summed E-state index contributed by atoms with van der Waals surface area (Å²) in [4.78, 5) is 0. The second kappa shape index (κ2) is 4.91. The molecule has 3 heteroatoms. The summed E-state index contributed by atoms with van der Waals surface area (Å²) in [5.74, 6) is 0.615. The fraction of sp³-hybridized carbons (Fsp3) is 0.294. The van der Waals surface area contributed by atoms with Crippen LogP contribution in [0.3, 0.4) is 0 Å². The fourth-order valence-corrected chi connectivity index (χ4v) is 2.75. The maximum atomic E-state index is 13.7. The van der Waals surface area contributed by atoms with Crippen molar-refractivity contribution in [2.45, 2.75) is 32.5 Å². The van der Waals surface area contributed by atoms with E-state index in [-0.39, 0.29) is 11.9 Å². The number of hydrogen-bond acceptors (Lipinski definition) is 2. The lowest BCUT2D eigenvalue weighted by molar-refractivity contribution is 0.0491. The monoisotopic (exact) mass is 272 g/mol. The second-order valence-corrected chi connectivity index (χ2v) is 5.38. The van der Waals surface area contributed by atoms with Gasteiger partial charge in [-0.1, -0.05) is 30.3 Å². The number of hydrogen-bond donors (Lipinski definition) is 1. The predicted molar refractivity (Wildman–Crippen MR) is 75.4 cm³/mol. The molecule has 2 aromatic rings. The van der Waals surface area contributed by atoms with Gasteiger partial charge >= 0.3 is 0 Å². The molecule has 1 N–H and O–H groups in total. The van der Waals surface area contributed by atoms with E-state index in [0.717, 1.165) is 11.3 Å². The summed E-state index contributed by atoms with van der Waals surface area (Å²) < 4.78 is 19.4. The Bertz CT molecular complexity index is 603. The summed E-state index contributed by atoms with van der Waals surface area (Å²) >= 11 is 0. The zero-order valence-electron chi connectivity index (χ0n) is 11.6. The van der Waals surface area contributed by atoms with Crippen molar-refractivity contribution in [2.75, 3.05) is 0 Å². The van der Waals surface area contributed by atoms with Crippen LogP contribution in [0, 0.1) is 19.7 Å². The number of para-hydroxylation sites is 1. The van der Waals surface area contributed by atoms with E-state index in [9.17, 15) is 9.50 Å². The van der Waals surface area contributed by atoms with Gasteiger partial charge in [0, 0.05) is 6.42 Å². The van der Waals surface area contributed by atoms with Crippen LogP contribution >= 0.6 is 0 Å². The van der Waals surface area contributed by atoms with Crippen molar-refractivity contribution in [2.24, 2.45) is 0 Å². The highest BCUT2D eigenvalue weighted by Gasteiger charge is 2.30. The van der Waals surface area contributed by atoms with Crippen molar-refractivity contribution >= 4 is 0 Å². The molecule has 2 nitrogen and oxygen atoms in total. The number of benzene rings is 2. The molecule has 0 spiro atoms. The third-order valence-electron chi connectivity index (χ3n) is 3.82. The van der Waals surface area contributed by atoms with Gasteiger partial charge in [-0.25, -0.2) is 4.39 Å². The van der Waals surface area contributed by atoms with Crippen LogP contribution in [0.15, 0.2) is 36.4 Å². The number of aliphatic hydroxyl groups excluding tert-OH is 1. The lowest BCUT2D eigenvalue weighted by Crippen LogP contribution is -2.23. The lowest BCUT2D eigenvalue weighted by atomic mass is 9.97. The molecule has 0 aliphatic carbocycles. The molecule has 3 rings (SSSR count). The Kier molecular flexibility index (Phi) is 3.22. The van der Waals surface area contributed by atoms with Crippen molar-refractivity contribution < 1.29 is 14.2 Å². The molecule has 104 valence electrons. The van der Waals surface area contributed by atoms with Gasteiger partial charge in [0.25, 0.3) is 0 Å². The van der Waals surface area contributed by atoms with Crippen LogP contribution in [0.4, 0.5) is 4.39 Å². The molecule has 0 radical (unpaired) electrons. The Labute approximate surface area is 117 Å². The quantitative estimate of drug-likeness (QED) is 0.907. The second-order valence-electron chi connectivity index (χ2n) is 5.38. The molecule has 20 heavy (non-hydrogen) atoms. The molecule has 1 heterocycles. The van der Waals surface area contributed by atoms with Crippen LogP contribution < -0.4 is 4.74 Å². The average molecular weight is 272 g/mol. The minimum absolute atomic E-state index is 0.212. The minimum Gasteiger partial charge on any atom is -0.487 e. The Morgan fingerprint density at radius 3 is 2.50 bits per heavy atom. The number of fused-ring (bicyclic) bond motifs is 1. The molecule has 0 aromatic heterocycles. The van der Waals surface area contributed by atoms with Crippen LogP contribution in [0.5, 0.6) is 5.75 Å². The zero-order chi connectivity index (χ0) is 14.3. The molecule has 0 fully saturated rings. The summed E-state index contributed by atoms with van der Waals surface area (Å²) in [5, 5.41) is 10.5. The van der Waals surface area contributed by atoms with Crippen molar-refractivity contribution in [3.8, 4) is 5.75 Å². The molecule has 2 aromatic carbocycles. The van der Waals surface area contributed by atoms with Gasteiger partial charge in [0.1, 0.15) is 23.8 Å². The maximum absolute atomic E-state index is 13.7. The molecule has 0 amide bonds. The van der Waals surface area contributed by atoms with Crippen molar-refractivity contribution in [1.82, 2.24) is 0 Å². The third-order valence-corrected chi connectivity index (χ3v) is 3.82. The normalized spacial score (nSPS) is 18.5. The van der Waals surface area contributed by atoms with E-state index in [0.29, 0.717) is 23.1 Å². The van der Waals surface area contributed by atoms with Gasteiger partial charge in [-0.2, -0.15) is 0 Å². The lowest BCUT2D eigenvalue weighted by Gasteiger charge is -2.19. The highest BCUT2D eigenvalue weighted by Crippen LogP contribution is 2.34. The third kappa shape index (κ3) is 2.18. The fourth-order valence-electron chi connectivity index (χ4n) is 2.75. The van der Waals surface area contributed by atoms with E-state index >= 15 is 0 Å². The first kappa shape index (κ1) is 13.1. The first-order valence-corrected chi connectivity index (χ1v) is 6.75. The molecule has 1 aliphatic rings. The Balaban J connectivity index is 1.86. The van der Waals surface area contributed by atoms with E-state index in [1.165, 1.54) is 0 Å². The summed E-state index contributed by atoms with van der Waals surface area (Å²) in [6, 6.07) is 11.2. The van der Waals surface area contributed by atoms with Gasteiger partial charge in [0.2, 0.25) is 0 Å². The predicted octanol–water partition coefficient (Wildman–Crippen LogP) is 3.48. The van der Waals surface area contributed by atoms with Crippen LogP contribution in [0.25, 0.3) is 0 Å². The maximum Gasteiger partial charge on any atom is 0.133 e. The van der Waals surface area contributed by atoms with Gasteiger partial charge in [-0.3, -0.25) is 0 Å². The van der Waals surface area contributed by atoms with Gasteiger partial charge in [0.15, 0.2) is 0 Å². The number of aryl methyl sites for hydroxylation is 2. The highest BCUT2D eigenvalue weighted by atomic mass is 19.1. The molecule has 0 saturated heterocycles. The van der Waals surface area contributed by atoms with E-state index < -0.39 is 6.10 Å². The van der Waals surface area contributed by atoms with E-state index in [1.54, 1.807) is 26.0 Å². The van der Waals surface area contributed by atoms with E-state index in [4.69, 9.17) is 4.74 Å². The highest BCUT2D eigenvalue weighted by molar-refractivity contribution is 5.39. The van der Waals surface area contributed by atoms with Crippen LogP contribution in [0.2, 0.25) is 0 Å². The topological polar surface area (TPSA) is 29.5 Å². The summed E-state index contributed by atoms with van der Waals surface area (Å²) in [5.41, 5.74) is 2.91. The molecule has 1 aliphatic heterocycles. The van der Waals surface area contributed by atoms with Gasteiger partial charge in [-0.15, -0.1) is 0 Å². The Morgan fingerprint density at radius 2 is 1.85 bits per heavy atom. The number of rotatable bonds is 2. The molecular weight excluding hydrogens is 255 g/mol. The molecule has 0 bridgehead atoms. The van der Waals surface area contributed by atoms with E-state index in [1.807, 2.05) is 24.3 Å². The Hall–Kier alpha value is -1.87. The first-order valence-electron chi connectivity index (χ1n) is 6.75. The largest absolute Gasteiger partial charge is 0.487 e. The minimum atomic E-state index is -0.750. The van der Waals surface area contributed by atoms with Crippen molar-refractivity contribution in [3.63, 3.8) is 0 Å². The first-order chi connectivity index (χ1) is 9.56. The van der Waals surface area contributed by atoms with Crippen LogP contribution in [-0.4, -0.2) is 11.2 Å². The Morgan fingerprint density at radius 1 is 1.20 bits per heavy atom. The smallest absolute Gasteiger partial charge is 0.133 e. The molecule has 2 unspecified atom stereocenters. The van der Waals surface area contributed by atoms with Crippen LogP contribution in [0.1, 0.15) is 28.4 Å². The summed E-state index contributed by atoms with van der Waals surface area (Å²) in [6.07, 6.45) is -0.385. The number of aliphatic hydroxyl groups is 1. The van der Waals surface area contributed by atoms with Gasteiger partial charge in [-0.05, 0) is 42.2 Å². The van der Waals surface area contributed by atoms with E-state index in [2.05, 4.69) is 0 Å². The molecular formula is C17H17FO2. The van der Waals surface area contributed by atoms with Crippen molar-refractivity contribution in [3.05, 3.63) is 64.5 Å². The van der Waals surface area contributed by atoms with Crippen LogP contribution in [-0.2, 0) is 6.42 Å². The zero-order valence-corrected chi connectivity index (χ0v) is 11.6. The van der Waals surface area contributed by atoms with Crippen molar-refractivity contribution in [1.29, 1.82) is 0 Å².